The number of oxazole rings is 1. The molecule has 1 aromatic heterocycles. The molecule has 0 amide bonds. The molecule has 0 fully saturated rings. The Labute approximate surface area is 189 Å². The first-order valence-corrected chi connectivity index (χ1v) is 12.2. The van der Waals surface area contributed by atoms with E-state index in [1.807, 2.05) is 51.1 Å². The lowest BCUT2D eigenvalue weighted by Crippen LogP contribution is -2.41. The summed E-state index contributed by atoms with van der Waals surface area (Å²) >= 11 is 0. The molecule has 1 atom stereocenters. The number of hydrogen-bond donors (Lipinski definition) is 1. The van der Waals surface area contributed by atoms with Gasteiger partial charge in [0, 0.05) is 18.8 Å². The van der Waals surface area contributed by atoms with E-state index in [1.54, 1.807) is 24.3 Å². The molecule has 7 nitrogen and oxygen atoms in total. The van der Waals surface area contributed by atoms with Crippen molar-refractivity contribution >= 4 is 10.0 Å². The molecule has 0 saturated heterocycles. The van der Waals surface area contributed by atoms with Crippen LogP contribution in [-0.4, -0.2) is 26.6 Å². The SMILES string of the molecule is CCOCCC(CC)(c1ccc(OCc2nc(-c3ccccc3)oc2C)cc1)S(N)(=O)=O. The molecule has 0 radical (unpaired) electrons. The molecular weight excluding hydrogens is 428 g/mol. The number of aromatic nitrogens is 1. The molecule has 0 aliphatic rings. The molecule has 8 heteroatoms. The first-order chi connectivity index (χ1) is 15.3. The van der Waals surface area contributed by atoms with E-state index in [2.05, 4.69) is 4.98 Å². The van der Waals surface area contributed by atoms with Crippen molar-refractivity contribution in [2.75, 3.05) is 13.2 Å². The van der Waals surface area contributed by atoms with Crippen molar-refractivity contribution in [1.82, 2.24) is 4.98 Å². The van der Waals surface area contributed by atoms with E-state index < -0.39 is 14.8 Å². The molecule has 0 aliphatic carbocycles. The second-order valence-corrected chi connectivity index (χ2v) is 9.41. The minimum absolute atomic E-state index is 0.236. The monoisotopic (exact) mass is 458 g/mol. The Morgan fingerprint density at radius 2 is 1.75 bits per heavy atom. The summed E-state index contributed by atoms with van der Waals surface area (Å²) < 4.78 is 40.9. The second-order valence-electron chi connectivity index (χ2n) is 7.54. The number of nitrogens with two attached hydrogens (primary N) is 1. The van der Waals surface area contributed by atoms with Gasteiger partial charge in [0.25, 0.3) is 0 Å². The zero-order valence-corrected chi connectivity index (χ0v) is 19.5. The largest absolute Gasteiger partial charge is 0.487 e. The smallest absolute Gasteiger partial charge is 0.226 e. The summed E-state index contributed by atoms with van der Waals surface area (Å²) in [6.45, 7) is 6.61. The Hall–Kier alpha value is -2.68. The summed E-state index contributed by atoms with van der Waals surface area (Å²) in [4.78, 5) is 4.54. The van der Waals surface area contributed by atoms with Crippen LogP contribution in [-0.2, 0) is 26.1 Å². The van der Waals surface area contributed by atoms with E-state index in [1.165, 1.54) is 0 Å². The van der Waals surface area contributed by atoms with E-state index in [4.69, 9.17) is 19.0 Å². The van der Waals surface area contributed by atoms with Crippen LogP contribution in [0, 0.1) is 6.92 Å². The molecule has 3 rings (SSSR count). The highest BCUT2D eigenvalue weighted by Crippen LogP contribution is 2.37. The van der Waals surface area contributed by atoms with Gasteiger partial charge < -0.3 is 13.9 Å². The van der Waals surface area contributed by atoms with Crippen LogP contribution in [0.3, 0.4) is 0 Å². The Balaban J connectivity index is 1.75. The van der Waals surface area contributed by atoms with Gasteiger partial charge in [-0.25, -0.2) is 18.5 Å². The van der Waals surface area contributed by atoms with Gasteiger partial charge >= 0.3 is 0 Å². The normalized spacial score (nSPS) is 13.6. The summed E-state index contributed by atoms with van der Waals surface area (Å²) in [5.74, 6) is 1.84. The number of aryl methyl sites for hydroxylation is 1. The predicted molar refractivity (Wildman–Crippen MR) is 124 cm³/mol. The average Bonchev–Trinajstić information content (AvgIpc) is 3.16. The molecule has 0 bridgehead atoms. The van der Waals surface area contributed by atoms with Crippen molar-refractivity contribution in [2.45, 2.75) is 45.0 Å². The lowest BCUT2D eigenvalue weighted by atomic mass is 9.92. The van der Waals surface area contributed by atoms with Gasteiger partial charge in [0.2, 0.25) is 15.9 Å². The Morgan fingerprint density at radius 3 is 2.34 bits per heavy atom. The van der Waals surface area contributed by atoms with Crippen molar-refractivity contribution in [1.29, 1.82) is 0 Å². The van der Waals surface area contributed by atoms with Gasteiger partial charge in [-0.2, -0.15) is 0 Å². The standard InChI is InChI=1S/C24H30N2O5S/c1-4-24(32(25,27)28,15-16-29-5-2)20-11-13-21(14-12-20)30-17-22-18(3)31-23(26-22)19-9-7-6-8-10-19/h6-14H,4-5,15-17H2,1-3H3,(H2,25,27,28). The molecule has 172 valence electrons. The summed E-state index contributed by atoms with van der Waals surface area (Å²) in [6.07, 6.45) is 0.635. The Bertz CT molecular complexity index is 1110. The summed E-state index contributed by atoms with van der Waals surface area (Å²) in [6, 6.07) is 16.7. The van der Waals surface area contributed by atoms with Crippen LogP contribution < -0.4 is 9.88 Å². The quantitative estimate of drug-likeness (QED) is 0.423. The first kappa shape index (κ1) is 24.0. The fourth-order valence-corrected chi connectivity index (χ4v) is 4.92. The third kappa shape index (κ3) is 5.20. The van der Waals surface area contributed by atoms with Crippen LogP contribution in [0.4, 0.5) is 0 Å². The fourth-order valence-electron chi connectivity index (χ4n) is 3.69. The van der Waals surface area contributed by atoms with Crippen LogP contribution >= 0.6 is 0 Å². The molecule has 32 heavy (non-hydrogen) atoms. The second kappa shape index (κ2) is 10.3. The van der Waals surface area contributed by atoms with Gasteiger partial charge in [-0.1, -0.05) is 37.3 Å². The van der Waals surface area contributed by atoms with Crippen LogP contribution in [0.1, 0.15) is 43.7 Å². The predicted octanol–water partition coefficient (Wildman–Crippen LogP) is 4.55. The maximum Gasteiger partial charge on any atom is 0.226 e. The highest BCUT2D eigenvalue weighted by molar-refractivity contribution is 7.90. The number of benzene rings is 2. The maximum absolute atomic E-state index is 12.5. The van der Waals surface area contributed by atoms with Gasteiger partial charge in [-0.15, -0.1) is 0 Å². The van der Waals surface area contributed by atoms with Gasteiger partial charge in [0.15, 0.2) is 0 Å². The van der Waals surface area contributed by atoms with Crippen LogP contribution in [0.2, 0.25) is 0 Å². The molecule has 2 aromatic carbocycles. The number of hydrogen-bond acceptors (Lipinski definition) is 6. The molecular formula is C24H30N2O5S. The maximum atomic E-state index is 12.5. The number of primary sulfonamides is 1. The highest BCUT2D eigenvalue weighted by atomic mass is 32.2. The van der Waals surface area contributed by atoms with Gasteiger partial charge in [-0.3, -0.25) is 0 Å². The third-order valence-electron chi connectivity index (χ3n) is 5.64. The Kier molecular flexibility index (Phi) is 7.71. The number of sulfonamides is 1. The van der Waals surface area contributed by atoms with E-state index in [-0.39, 0.29) is 13.0 Å². The van der Waals surface area contributed by atoms with Gasteiger partial charge in [0.05, 0.1) is 0 Å². The van der Waals surface area contributed by atoms with Crippen LogP contribution in [0.25, 0.3) is 11.5 Å². The van der Waals surface area contributed by atoms with Crippen molar-refractivity contribution in [3.05, 3.63) is 71.6 Å². The molecule has 0 aliphatic heterocycles. The third-order valence-corrected chi connectivity index (χ3v) is 7.46. The van der Waals surface area contributed by atoms with E-state index >= 15 is 0 Å². The Morgan fingerprint density at radius 1 is 1.06 bits per heavy atom. The highest BCUT2D eigenvalue weighted by Gasteiger charge is 2.41. The zero-order valence-electron chi connectivity index (χ0n) is 18.7. The summed E-state index contributed by atoms with van der Waals surface area (Å²) in [5, 5.41) is 5.65. The van der Waals surface area contributed by atoms with E-state index in [9.17, 15) is 8.42 Å². The summed E-state index contributed by atoms with van der Waals surface area (Å²) in [7, 11) is -3.85. The fraction of sp³-hybridized carbons (Fsp3) is 0.375. The molecule has 0 spiro atoms. The van der Waals surface area contributed by atoms with E-state index in [0.717, 1.165) is 5.56 Å². The average molecular weight is 459 g/mol. The van der Waals surface area contributed by atoms with Crippen LogP contribution in [0.15, 0.2) is 59.0 Å². The molecule has 1 heterocycles. The first-order valence-electron chi connectivity index (χ1n) is 10.7. The molecule has 0 saturated carbocycles. The number of rotatable bonds is 11. The van der Waals surface area contributed by atoms with Crippen molar-refractivity contribution in [3.63, 3.8) is 0 Å². The lowest BCUT2D eigenvalue weighted by molar-refractivity contribution is 0.134. The number of nitrogens with zero attached hydrogens (tertiary/aromatic N) is 1. The summed E-state index contributed by atoms with van der Waals surface area (Å²) in [5.41, 5.74) is 2.23. The van der Waals surface area contributed by atoms with E-state index in [0.29, 0.717) is 48.3 Å². The van der Waals surface area contributed by atoms with Crippen molar-refractivity contribution < 1.29 is 22.3 Å². The lowest BCUT2D eigenvalue weighted by Gasteiger charge is -2.31. The molecule has 1 unspecified atom stereocenters. The van der Waals surface area contributed by atoms with Crippen LogP contribution in [0.5, 0.6) is 5.75 Å². The van der Waals surface area contributed by atoms with Crippen molar-refractivity contribution in [3.8, 4) is 17.2 Å². The zero-order chi connectivity index (χ0) is 23.2. The molecule has 3 aromatic rings. The van der Waals surface area contributed by atoms with Crippen molar-refractivity contribution in [2.24, 2.45) is 5.14 Å². The minimum atomic E-state index is -3.85. The number of ether oxygens (including phenoxy) is 2. The molecule has 2 N–H and O–H groups in total. The minimum Gasteiger partial charge on any atom is -0.487 e. The van der Waals surface area contributed by atoms with Gasteiger partial charge in [-0.05, 0) is 56.5 Å². The van der Waals surface area contributed by atoms with Gasteiger partial charge in [0.1, 0.15) is 28.6 Å². The topological polar surface area (TPSA) is 105 Å².